The third-order valence-corrected chi connectivity index (χ3v) is 3.93. The van der Waals surface area contributed by atoms with Crippen molar-refractivity contribution >= 4 is 22.2 Å². The van der Waals surface area contributed by atoms with Crippen LogP contribution in [0.4, 0.5) is 10.8 Å². The van der Waals surface area contributed by atoms with E-state index in [2.05, 4.69) is 46.2 Å². The number of aromatic nitrogens is 2. The maximum Gasteiger partial charge on any atom is 0.187 e. The van der Waals surface area contributed by atoms with E-state index in [0.29, 0.717) is 0 Å². The minimum atomic E-state index is -0.175. The van der Waals surface area contributed by atoms with Gasteiger partial charge in [0.25, 0.3) is 0 Å². The summed E-state index contributed by atoms with van der Waals surface area (Å²) in [5.41, 5.74) is 4.72. The Hall–Kier alpha value is -2.68. The van der Waals surface area contributed by atoms with Gasteiger partial charge < -0.3 is 10.4 Å². The predicted molar refractivity (Wildman–Crippen MR) is 93.8 cm³/mol. The molecular weight excluding hydrogens is 306 g/mol. The fourth-order valence-electron chi connectivity index (χ4n) is 2.15. The van der Waals surface area contributed by atoms with Gasteiger partial charge in [0.1, 0.15) is 6.61 Å². The molecule has 0 aliphatic carbocycles. The van der Waals surface area contributed by atoms with Gasteiger partial charge in [-0.15, -0.1) is 11.3 Å². The lowest BCUT2D eigenvalue weighted by molar-refractivity contribution is 0.350. The van der Waals surface area contributed by atoms with Crippen molar-refractivity contribution in [3.05, 3.63) is 59.2 Å². The summed E-state index contributed by atoms with van der Waals surface area (Å²) >= 11 is 1.54. The largest absolute Gasteiger partial charge is 0.384 e. The Morgan fingerprint density at radius 3 is 3.04 bits per heavy atom. The van der Waals surface area contributed by atoms with Gasteiger partial charge in [-0.1, -0.05) is 24.0 Å². The van der Waals surface area contributed by atoms with Crippen molar-refractivity contribution in [2.45, 2.75) is 6.92 Å². The van der Waals surface area contributed by atoms with Crippen molar-refractivity contribution in [1.29, 1.82) is 0 Å². The predicted octanol–water partition coefficient (Wildman–Crippen LogP) is 3.60. The monoisotopic (exact) mass is 321 g/mol. The van der Waals surface area contributed by atoms with Gasteiger partial charge in [-0.2, -0.15) is 0 Å². The van der Waals surface area contributed by atoms with Gasteiger partial charge in [-0.3, -0.25) is 4.98 Å². The highest BCUT2D eigenvalue weighted by molar-refractivity contribution is 7.14. The molecule has 0 radical (unpaired) electrons. The molecule has 0 spiro atoms. The Balaban J connectivity index is 1.88. The maximum absolute atomic E-state index is 8.86. The van der Waals surface area contributed by atoms with Crippen molar-refractivity contribution < 1.29 is 5.11 Å². The number of nitrogens with zero attached hydrogens (tertiary/aromatic N) is 2. The molecule has 0 fully saturated rings. The first-order valence-corrected chi connectivity index (χ1v) is 7.97. The quantitative estimate of drug-likeness (QED) is 0.724. The molecule has 3 rings (SSSR count). The summed E-state index contributed by atoms with van der Waals surface area (Å²) in [4.78, 5) is 8.71. The fraction of sp³-hybridized carbons (Fsp3) is 0.111. The standard InChI is InChI=1S/C18H15N3OS/c1-13-4-2-6-15(10-13)20-18-21-17(12-23-18)16-7-8-19-11-14(16)5-3-9-22/h2,4,6-8,10-12,22H,9H2,1H3,(H,20,21). The highest BCUT2D eigenvalue weighted by atomic mass is 32.1. The molecule has 4 nitrogen and oxygen atoms in total. The van der Waals surface area contributed by atoms with Gasteiger partial charge in [0.2, 0.25) is 0 Å². The smallest absolute Gasteiger partial charge is 0.187 e. The van der Waals surface area contributed by atoms with Gasteiger partial charge in [0, 0.05) is 29.0 Å². The van der Waals surface area contributed by atoms with Crippen LogP contribution in [0.5, 0.6) is 0 Å². The molecule has 3 aromatic rings. The van der Waals surface area contributed by atoms with Crippen molar-refractivity contribution in [2.75, 3.05) is 11.9 Å². The van der Waals surface area contributed by atoms with E-state index in [9.17, 15) is 0 Å². The van der Waals surface area contributed by atoms with E-state index >= 15 is 0 Å². The Labute approximate surface area is 138 Å². The van der Waals surface area contributed by atoms with E-state index in [0.717, 1.165) is 27.6 Å². The van der Waals surface area contributed by atoms with Crippen molar-refractivity contribution in [3.8, 4) is 23.1 Å². The number of aliphatic hydroxyl groups is 1. The average molecular weight is 321 g/mol. The van der Waals surface area contributed by atoms with Crippen LogP contribution < -0.4 is 5.32 Å². The van der Waals surface area contributed by atoms with Gasteiger partial charge in [-0.05, 0) is 30.7 Å². The van der Waals surface area contributed by atoms with Crippen LogP contribution in [0.1, 0.15) is 11.1 Å². The molecule has 2 aromatic heterocycles. The van der Waals surface area contributed by atoms with Crippen LogP contribution >= 0.6 is 11.3 Å². The number of thiazole rings is 1. The van der Waals surface area contributed by atoms with Crippen LogP contribution in [0.3, 0.4) is 0 Å². The minimum Gasteiger partial charge on any atom is -0.384 e. The molecule has 23 heavy (non-hydrogen) atoms. The topological polar surface area (TPSA) is 58.0 Å². The highest BCUT2D eigenvalue weighted by Gasteiger charge is 2.08. The Kier molecular flexibility index (Phi) is 4.67. The average Bonchev–Trinajstić information content (AvgIpc) is 3.01. The van der Waals surface area contributed by atoms with E-state index < -0.39 is 0 Å². The zero-order valence-electron chi connectivity index (χ0n) is 12.6. The Morgan fingerprint density at radius 2 is 2.22 bits per heavy atom. The first-order valence-electron chi connectivity index (χ1n) is 7.09. The van der Waals surface area contributed by atoms with Crippen LogP contribution in [0.2, 0.25) is 0 Å². The van der Waals surface area contributed by atoms with E-state index in [1.807, 2.05) is 23.6 Å². The van der Waals surface area contributed by atoms with Crippen molar-refractivity contribution in [1.82, 2.24) is 9.97 Å². The molecule has 0 aliphatic rings. The Morgan fingerprint density at radius 1 is 1.30 bits per heavy atom. The lowest BCUT2D eigenvalue weighted by atomic mass is 10.1. The molecule has 0 unspecified atom stereocenters. The molecule has 1 aromatic carbocycles. The summed E-state index contributed by atoms with van der Waals surface area (Å²) < 4.78 is 0. The molecular formula is C18H15N3OS. The normalized spacial score (nSPS) is 10.0. The molecule has 0 aliphatic heterocycles. The molecule has 0 saturated carbocycles. The minimum absolute atomic E-state index is 0.175. The zero-order chi connectivity index (χ0) is 16.1. The lowest BCUT2D eigenvalue weighted by Gasteiger charge is -2.03. The Bertz CT molecular complexity index is 877. The number of benzene rings is 1. The number of aryl methyl sites for hydroxylation is 1. The summed E-state index contributed by atoms with van der Waals surface area (Å²) in [6, 6.07) is 10.0. The van der Waals surface area contributed by atoms with Crippen molar-refractivity contribution in [3.63, 3.8) is 0 Å². The third kappa shape index (κ3) is 3.75. The summed E-state index contributed by atoms with van der Waals surface area (Å²) in [7, 11) is 0. The van der Waals surface area contributed by atoms with Gasteiger partial charge in [-0.25, -0.2) is 4.98 Å². The van der Waals surface area contributed by atoms with Crippen LogP contribution in [0, 0.1) is 18.8 Å². The molecule has 0 amide bonds. The molecule has 0 bridgehead atoms. The number of pyridine rings is 1. The summed E-state index contributed by atoms with van der Waals surface area (Å²) in [5, 5.41) is 15.0. The summed E-state index contributed by atoms with van der Waals surface area (Å²) in [5.74, 6) is 5.56. The maximum atomic E-state index is 8.86. The second kappa shape index (κ2) is 7.05. The second-order valence-electron chi connectivity index (χ2n) is 4.91. The highest BCUT2D eigenvalue weighted by Crippen LogP contribution is 2.28. The first kappa shape index (κ1) is 15.2. The van der Waals surface area contributed by atoms with Gasteiger partial charge in [0.05, 0.1) is 11.3 Å². The van der Waals surface area contributed by atoms with Crippen LogP contribution in [0.25, 0.3) is 11.3 Å². The van der Waals surface area contributed by atoms with E-state index in [-0.39, 0.29) is 6.61 Å². The third-order valence-electron chi connectivity index (χ3n) is 3.17. The molecule has 114 valence electrons. The zero-order valence-corrected chi connectivity index (χ0v) is 13.4. The SMILES string of the molecule is Cc1cccc(Nc2nc(-c3ccncc3C#CCO)cs2)c1. The fourth-order valence-corrected chi connectivity index (χ4v) is 2.88. The van der Waals surface area contributed by atoms with E-state index in [1.54, 1.807) is 12.4 Å². The number of anilines is 2. The summed E-state index contributed by atoms with van der Waals surface area (Å²) in [6.45, 7) is 1.88. The number of rotatable bonds is 3. The van der Waals surface area contributed by atoms with Crippen LogP contribution in [-0.2, 0) is 0 Å². The lowest BCUT2D eigenvalue weighted by Crippen LogP contribution is -1.91. The molecule has 2 heterocycles. The molecule has 0 atom stereocenters. The number of nitrogens with one attached hydrogen (secondary N) is 1. The van der Waals surface area contributed by atoms with E-state index in [1.165, 1.54) is 16.9 Å². The summed E-state index contributed by atoms with van der Waals surface area (Å²) in [6.07, 6.45) is 3.40. The van der Waals surface area contributed by atoms with Gasteiger partial charge >= 0.3 is 0 Å². The molecule has 2 N–H and O–H groups in total. The first-order chi connectivity index (χ1) is 11.3. The number of hydrogen-bond acceptors (Lipinski definition) is 5. The van der Waals surface area contributed by atoms with E-state index in [4.69, 9.17) is 5.11 Å². The number of aliphatic hydroxyl groups excluding tert-OH is 1. The van der Waals surface area contributed by atoms with Gasteiger partial charge in [0.15, 0.2) is 5.13 Å². The molecule has 0 saturated heterocycles. The number of hydrogen-bond donors (Lipinski definition) is 2. The van der Waals surface area contributed by atoms with Crippen LogP contribution in [0.15, 0.2) is 48.1 Å². The molecule has 5 heteroatoms. The second-order valence-corrected chi connectivity index (χ2v) is 5.77. The van der Waals surface area contributed by atoms with Crippen molar-refractivity contribution in [2.24, 2.45) is 0 Å². The van der Waals surface area contributed by atoms with Crippen LogP contribution in [-0.4, -0.2) is 21.7 Å².